The Balaban J connectivity index is 1.48. The molecular weight excluding hydrogens is 463 g/mol. The topological polar surface area (TPSA) is 105 Å². The Morgan fingerprint density at radius 3 is 2.56 bits per heavy atom. The molecule has 174 valence electrons. The number of ether oxygens (including phenoxy) is 3. The monoisotopic (exact) mass is 482 g/mol. The number of rotatable bonds is 8. The molecule has 0 unspecified atom stereocenters. The SMILES string of the molecule is COc1ccc(NC(=O)COC(=O)c2nc(-c3cccs3)n(-c3ccc(F)cc3)n2)c(OC)c1. The molecule has 0 aliphatic heterocycles. The van der Waals surface area contributed by atoms with Gasteiger partial charge in [-0.15, -0.1) is 16.4 Å². The summed E-state index contributed by atoms with van der Waals surface area (Å²) in [5.74, 6) is -0.752. The average molecular weight is 482 g/mol. The van der Waals surface area contributed by atoms with Crippen LogP contribution < -0.4 is 14.8 Å². The maximum Gasteiger partial charge on any atom is 0.378 e. The van der Waals surface area contributed by atoms with Crippen molar-refractivity contribution in [3.63, 3.8) is 0 Å². The summed E-state index contributed by atoms with van der Waals surface area (Å²) in [7, 11) is 2.97. The highest BCUT2D eigenvalue weighted by molar-refractivity contribution is 7.13. The average Bonchev–Trinajstić information content (AvgIpc) is 3.53. The molecule has 0 atom stereocenters. The van der Waals surface area contributed by atoms with Crippen LogP contribution in [-0.4, -0.2) is 47.5 Å². The van der Waals surface area contributed by atoms with Gasteiger partial charge in [0, 0.05) is 6.07 Å². The quantitative estimate of drug-likeness (QED) is 0.379. The third-order valence-electron chi connectivity index (χ3n) is 4.62. The van der Waals surface area contributed by atoms with E-state index in [9.17, 15) is 14.0 Å². The number of anilines is 1. The minimum atomic E-state index is -0.879. The van der Waals surface area contributed by atoms with Crippen LogP contribution in [0.15, 0.2) is 60.0 Å². The first-order valence-corrected chi connectivity index (χ1v) is 10.8. The molecule has 1 N–H and O–H groups in total. The van der Waals surface area contributed by atoms with Crippen molar-refractivity contribution in [1.82, 2.24) is 14.8 Å². The molecule has 0 fully saturated rings. The van der Waals surface area contributed by atoms with E-state index in [1.54, 1.807) is 18.2 Å². The largest absolute Gasteiger partial charge is 0.497 e. The smallest absolute Gasteiger partial charge is 0.378 e. The summed E-state index contributed by atoms with van der Waals surface area (Å²) < 4.78 is 30.3. The number of carbonyl (C=O) groups is 2. The second kappa shape index (κ2) is 10.1. The fourth-order valence-corrected chi connectivity index (χ4v) is 3.71. The Morgan fingerprint density at radius 2 is 1.88 bits per heavy atom. The number of carbonyl (C=O) groups excluding carboxylic acids is 2. The van der Waals surface area contributed by atoms with E-state index in [2.05, 4.69) is 15.4 Å². The molecule has 2 aromatic heterocycles. The molecule has 11 heteroatoms. The van der Waals surface area contributed by atoms with E-state index in [4.69, 9.17) is 14.2 Å². The lowest BCUT2D eigenvalue weighted by Gasteiger charge is -2.11. The summed E-state index contributed by atoms with van der Waals surface area (Å²) in [5, 5.41) is 8.69. The molecule has 0 aliphatic carbocycles. The van der Waals surface area contributed by atoms with Crippen LogP contribution in [-0.2, 0) is 9.53 Å². The normalized spacial score (nSPS) is 10.6. The molecule has 0 saturated carbocycles. The summed E-state index contributed by atoms with van der Waals surface area (Å²) in [6, 6.07) is 14.1. The minimum absolute atomic E-state index is 0.234. The first-order chi connectivity index (χ1) is 16.5. The number of nitrogens with zero attached hydrogens (tertiary/aromatic N) is 3. The van der Waals surface area contributed by atoms with Gasteiger partial charge in [-0.25, -0.2) is 13.9 Å². The minimum Gasteiger partial charge on any atom is -0.497 e. The lowest BCUT2D eigenvalue weighted by atomic mass is 10.2. The van der Waals surface area contributed by atoms with Crippen molar-refractivity contribution in [1.29, 1.82) is 0 Å². The molecule has 2 heterocycles. The standard InChI is InChI=1S/C23H19FN4O5S/c1-31-16-9-10-17(18(12-16)32-2)25-20(29)13-33-23(30)21-26-22(19-4-3-11-34-19)28(27-21)15-7-5-14(24)6-8-15/h3-12H,13H2,1-2H3,(H,25,29). The Morgan fingerprint density at radius 1 is 1.09 bits per heavy atom. The van der Waals surface area contributed by atoms with Gasteiger partial charge in [0.2, 0.25) is 0 Å². The second-order valence-corrected chi connectivity index (χ2v) is 7.76. The van der Waals surface area contributed by atoms with Crippen molar-refractivity contribution < 1.29 is 28.2 Å². The Hall–Kier alpha value is -4.25. The first-order valence-electron chi connectivity index (χ1n) is 9.94. The number of benzene rings is 2. The van der Waals surface area contributed by atoms with E-state index in [0.29, 0.717) is 28.7 Å². The Kier molecular flexibility index (Phi) is 6.83. The van der Waals surface area contributed by atoms with Gasteiger partial charge in [-0.2, -0.15) is 4.98 Å². The van der Waals surface area contributed by atoms with Crippen molar-refractivity contribution in [3.05, 3.63) is 71.6 Å². The fraction of sp³-hybridized carbons (Fsp3) is 0.130. The Labute approximate surface area is 197 Å². The van der Waals surface area contributed by atoms with E-state index in [-0.39, 0.29) is 5.82 Å². The van der Waals surface area contributed by atoms with Gasteiger partial charge in [-0.3, -0.25) is 4.79 Å². The second-order valence-electron chi connectivity index (χ2n) is 6.82. The van der Waals surface area contributed by atoms with Crippen molar-refractivity contribution in [2.45, 2.75) is 0 Å². The van der Waals surface area contributed by atoms with E-state index in [1.165, 1.54) is 54.5 Å². The lowest BCUT2D eigenvalue weighted by Crippen LogP contribution is -2.21. The maximum atomic E-state index is 13.4. The number of methoxy groups -OCH3 is 2. The summed E-state index contributed by atoms with van der Waals surface area (Å²) >= 11 is 1.40. The molecule has 0 aliphatic rings. The van der Waals surface area contributed by atoms with Gasteiger partial charge in [0.05, 0.1) is 30.5 Å². The maximum absolute atomic E-state index is 13.4. The highest BCUT2D eigenvalue weighted by Gasteiger charge is 2.21. The third-order valence-corrected chi connectivity index (χ3v) is 5.49. The van der Waals surface area contributed by atoms with Crippen LogP contribution in [0.5, 0.6) is 11.5 Å². The number of esters is 1. The zero-order valence-corrected chi connectivity index (χ0v) is 19.0. The van der Waals surface area contributed by atoms with E-state index >= 15 is 0 Å². The molecule has 0 saturated heterocycles. The first kappa shape index (κ1) is 22.9. The number of hydrogen-bond donors (Lipinski definition) is 1. The number of thiophene rings is 1. The molecule has 0 bridgehead atoms. The molecule has 4 aromatic rings. The van der Waals surface area contributed by atoms with Gasteiger partial charge in [0.15, 0.2) is 12.4 Å². The predicted molar refractivity (Wildman–Crippen MR) is 123 cm³/mol. The molecule has 0 radical (unpaired) electrons. The van der Waals surface area contributed by atoms with Gasteiger partial charge in [-0.1, -0.05) is 6.07 Å². The number of aromatic nitrogens is 3. The number of halogens is 1. The van der Waals surface area contributed by atoms with Gasteiger partial charge >= 0.3 is 5.97 Å². The number of amides is 1. The predicted octanol–water partition coefficient (Wildman–Crippen LogP) is 3.95. The van der Waals surface area contributed by atoms with Gasteiger partial charge in [0.25, 0.3) is 11.7 Å². The van der Waals surface area contributed by atoms with E-state index in [0.717, 1.165) is 4.88 Å². The van der Waals surface area contributed by atoms with Crippen LogP contribution >= 0.6 is 11.3 Å². The summed E-state index contributed by atoms with van der Waals surface area (Å²) in [6.45, 7) is -0.562. The summed E-state index contributed by atoms with van der Waals surface area (Å²) in [4.78, 5) is 30.0. The van der Waals surface area contributed by atoms with Crippen LogP contribution in [0.4, 0.5) is 10.1 Å². The van der Waals surface area contributed by atoms with Crippen LogP contribution in [0.2, 0.25) is 0 Å². The highest BCUT2D eigenvalue weighted by atomic mass is 32.1. The molecule has 9 nitrogen and oxygen atoms in total. The van der Waals surface area contributed by atoms with Crippen LogP contribution in [0.1, 0.15) is 10.6 Å². The zero-order chi connectivity index (χ0) is 24.1. The molecule has 1 amide bonds. The van der Waals surface area contributed by atoms with Gasteiger partial charge in [-0.05, 0) is 47.8 Å². The molecule has 34 heavy (non-hydrogen) atoms. The van der Waals surface area contributed by atoms with Crippen LogP contribution in [0.3, 0.4) is 0 Å². The van der Waals surface area contributed by atoms with Gasteiger partial charge in [0.1, 0.15) is 17.3 Å². The number of nitrogens with one attached hydrogen (secondary N) is 1. The highest BCUT2D eigenvalue weighted by Crippen LogP contribution is 2.29. The molecule has 4 rings (SSSR count). The van der Waals surface area contributed by atoms with Crippen molar-refractivity contribution in [3.8, 4) is 27.9 Å². The van der Waals surface area contributed by atoms with Crippen LogP contribution in [0.25, 0.3) is 16.4 Å². The van der Waals surface area contributed by atoms with Gasteiger partial charge < -0.3 is 19.5 Å². The molecule has 0 spiro atoms. The fourth-order valence-electron chi connectivity index (χ4n) is 3.01. The van der Waals surface area contributed by atoms with Crippen molar-refractivity contribution in [2.24, 2.45) is 0 Å². The van der Waals surface area contributed by atoms with Crippen molar-refractivity contribution >= 4 is 28.9 Å². The molecular formula is C23H19FN4O5S. The number of hydrogen-bond acceptors (Lipinski definition) is 8. The summed E-state index contributed by atoms with van der Waals surface area (Å²) in [5.41, 5.74) is 0.906. The zero-order valence-electron chi connectivity index (χ0n) is 18.1. The lowest BCUT2D eigenvalue weighted by molar-refractivity contribution is -0.119. The van der Waals surface area contributed by atoms with E-state index < -0.39 is 24.3 Å². The molecule has 2 aromatic carbocycles. The van der Waals surface area contributed by atoms with Crippen molar-refractivity contribution in [2.75, 3.05) is 26.1 Å². The van der Waals surface area contributed by atoms with Crippen LogP contribution in [0, 0.1) is 5.82 Å². The van der Waals surface area contributed by atoms with E-state index in [1.807, 2.05) is 17.5 Å². The Bertz CT molecular complexity index is 1310. The third kappa shape index (κ3) is 5.04. The summed E-state index contributed by atoms with van der Waals surface area (Å²) in [6.07, 6.45) is 0.